The minimum absolute atomic E-state index is 0.582. The maximum Gasteiger partial charge on any atom is -0.0166 e. The van der Waals surface area contributed by atoms with E-state index in [1.54, 1.807) is 12.0 Å². The van der Waals surface area contributed by atoms with Crippen molar-refractivity contribution in [1.29, 1.82) is 0 Å². The van der Waals surface area contributed by atoms with Crippen LogP contribution in [0.15, 0.2) is 12.2 Å². The van der Waals surface area contributed by atoms with Crippen molar-refractivity contribution in [2.45, 2.75) is 125 Å². The van der Waals surface area contributed by atoms with Gasteiger partial charge in [0.05, 0.1) is 0 Å². The molecule has 6 unspecified atom stereocenters. The highest BCUT2D eigenvalue weighted by Gasteiger charge is 2.49. The standard InChI is InChI=1S/C29H52/c1-7-29(6,8-2)18-12-13-24(20-26-19-21(26)3)16-17-25-14-10-9-11-15-27(25)28-22(4)23(28)5/h22-28H,3,7-20H2,1-2,4-6H3. The van der Waals surface area contributed by atoms with Crippen LogP contribution in [0.4, 0.5) is 0 Å². The third-order valence-corrected chi connectivity index (χ3v) is 10.2. The van der Waals surface area contributed by atoms with Crippen LogP contribution in [-0.4, -0.2) is 0 Å². The molecular weight excluding hydrogens is 348 g/mol. The van der Waals surface area contributed by atoms with Gasteiger partial charge in [0, 0.05) is 0 Å². The monoisotopic (exact) mass is 400 g/mol. The topological polar surface area (TPSA) is 0 Å². The first-order valence-corrected chi connectivity index (χ1v) is 13.6. The predicted molar refractivity (Wildman–Crippen MR) is 129 cm³/mol. The lowest BCUT2D eigenvalue weighted by Gasteiger charge is -2.29. The zero-order chi connectivity index (χ0) is 21.0. The Labute approximate surface area is 183 Å². The second kappa shape index (κ2) is 10.4. The van der Waals surface area contributed by atoms with Gasteiger partial charge in [0.2, 0.25) is 0 Å². The maximum absolute atomic E-state index is 4.27. The summed E-state index contributed by atoms with van der Waals surface area (Å²) >= 11 is 0. The van der Waals surface area contributed by atoms with Crippen molar-refractivity contribution < 1.29 is 0 Å². The van der Waals surface area contributed by atoms with Gasteiger partial charge in [-0.15, -0.1) is 0 Å². The van der Waals surface area contributed by atoms with Crippen molar-refractivity contribution in [3.63, 3.8) is 0 Å². The molecular formula is C29H52. The predicted octanol–water partition coefficient (Wildman–Crippen LogP) is 9.44. The average molecular weight is 401 g/mol. The number of hydrogen-bond donors (Lipinski definition) is 0. The van der Waals surface area contributed by atoms with Crippen molar-refractivity contribution in [2.75, 3.05) is 0 Å². The second-order valence-electron chi connectivity index (χ2n) is 12.0. The minimum Gasteiger partial charge on any atom is -0.0995 e. The summed E-state index contributed by atoms with van der Waals surface area (Å²) in [5.41, 5.74) is 2.13. The Morgan fingerprint density at radius 2 is 1.66 bits per heavy atom. The summed E-state index contributed by atoms with van der Waals surface area (Å²) in [6, 6.07) is 0. The fourth-order valence-electron chi connectivity index (χ4n) is 6.92. The molecule has 0 aliphatic heterocycles. The van der Waals surface area contributed by atoms with Crippen LogP contribution in [0.3, 0.4) is 0 Å². The van der Waals surface area contributed by atoms with Crippen LogP contribution in [0, 0.1) is 46.8 Å². The quantitative estimate of drug-likeness (QED) is 0.226. The molecule has 168 valence electrons. The van der Waals surface area contributed by atoms with Crippen LogP contribution in [0.2, 0.25) is 0 Å². The summed E-state index contributed by atoms with van der Waals surface area (Å²) in [7, 11) is 0. The Morgan fingerprint density at radius 1 is 1.00 bits per heavy atom. The molecule has 0 heteroatoms. The molecule has 3 fully saturated rings. The molecule has 0 aromatic carbocycles. The molecule has 0 bridgehead atoms. The number of allylic oxidation sites excluding steroid dienone is 1. The molecule has 0 spiro atoms. The van der Waals surface area contributed by atoms with E-state index >= 15 is 0 Å². The van der Waals surface area contributed by atoms with Crippen LogP contribution in [0.1, 0.15) is 125 Å². The second-order valence-corrected chi connectivity index (χ2v) is 12.0. The van der Waals surface area contributed by atoms with Gasteiger partial charge in [0.15, 0.2) is 0 Å². The average Bonchev–Trinajstić information content (AvgIpc) is 3.59. The van der Waals surface area contributed by atoms with E-state index in [0.717, 1.165) is 41.4 Å². The van der Waals surface area contributed by atoms with Crippen LogP contribution >= 0.6 is 0 Å². The van der Waals surface area contributed by atoms with Crippen LogP contribution in [0.5, 0.6) is 0 Å². The van der Waals surface area contributed by atoms with Crippen LogP contribution in [0.25, 0.3) is 0 Å². The molecule has 0 saturated heterocycles. The first-order valence-electron chi connectivity index (χ1n) is 13.6. The van der Waals surface area contributed by atoms with Crippen molar-refractivity contribution in [3.05, 3.63) is 12.2 Å². The summed E-state index contributed by atoms with van der Waals surface area (Å²) in [6.45, 7) is 16.6. The zero-order valence-corrected chi connectivity index (χ0v) is 20.6. The van der Waals surface area contributed by atoms with Gasteiger partial charge in [0.25, 0.3) is 0 Å². The lowest BCUT2D eigenvalue weighted by Crippen LogP contribution is -2.19. The Balaban J connectivity index is 1.52. The van der Waals surface area contributed by atoms with Gasteiger partial charge in [-0.2, -0.15) is 0 Å². The molecule has 0 aromatic heterocycles. The van der Waals surface area contributed by atoms with Gasteiger partial charge in [-0.25, -0.2) is 0 Å². The molecule has 3 aliphatic carbocycles. The van der Waals surface area contributed by atoms with E-state index in [1.807, 2.05) is 0 Å². The minimum atomic E-state index is 0.582. The Kier molecular flexibility index (Phi) is 8.37. The smallest absolute Gasteiger partial charge is 0.0166 e. The van der Waals surface area contributed by atoms with Crippen molar-refractivity contribution in [2.24, 2.45) is 46.8 Å². The van der Waals surface area contributed by atoms with E-state index < -0.39 is 0 Å². The van der Waals surface area contributed by atoms with Gasteiger partial charge in [-0.1, -0.05) is 105 Å². The summed E-state index contributed by atoms with van der Waals surface area (Å²) in [4.78, 5) is 0. The van der Waals surface area contributed by atoms with E-state index in [4.69, 9.17) is 0 Å². The molecule has 0 nitrogen and oxygen atoms in total. The molecule has 29 heavy (non-hydrogen) atoms. The van der Waals surface area contributed by atoms with E-state index in [-0.39, 0.29) is 0 Å². The first kappa shape index (κ1) is 23.4. The molecule has 0 aromatic rings. The molecule has 3 rings (SSSR count). The van der Waals surface area contributed by atoms with Crippen molar-refractivity contribution in [3.8, 4) is 0 Å². The summed E-state index contributed by atoms with van der Waals surface area (Å²) in [6.07, 6.45) is 20.5. The fraction of sp³-hybridized carbons (Fsp3) is 0.931. The summed E-state index contributed by atoms with van der Waals surface area (Å²) in [5.74, 6) is 7.03. The van der Waals surface area contributed by atoms with Crippen LogP contribution < -0.4 is 0 Å². The molecule has 3 aliphatic rings. The van der Waals surface area contributed by atoms with Gasteiger partial charge < -0.3 is 0 Å². The van der Waals surface area contributed by atoms with Crippen molar-refractivity contribution in [1.82, 2.24) is 0 Å². The highest BCUT2D eigenvalue weighted by atomic mass is 14.5. The SMILES string of the molecule is C=C1CC1CC(CCCC(C)(CC)CC)CCC1CCCCCC1C1C(C)C1C. The van der Waals surface area contributed by atoms with Gasteiger partial charge >= 0.3 is 0 Å². The third kappa shape index (κ3) is 6.36. The molecule has 0 heterocycles. The zero-order valence-electron chi connectivity index (χ0n) is 20.6. The largest absolute Gasteiger partial charge is 0.0995 e. The Hall–Kier alpha value is -0.260. The van der Waals surface area contributed by atoms with Gasteiger partial charge in [-0.3, -0.25) is 0 Å². The fourth-order valence-corrected chi connectivity index (χ4v) is 6.92. The van der Waals surface area contributed by atoms with E-state index in [9.17, 15) is 0 Å². The highest BCUT2D eigenvalue weighted by Crippen LogP contribution is 2.56. The summed E-state index contributed by atoms with van der Waals surface area (Å²) in [5, 5.41) is 0. The van der Waals surface area contributed by atoms with E-state index in [2.05, 4.69) is 41.2 Å². The maximum atomic E-state index is 4.27. The Morgan fingerprint density at radius 3 is 2.24 bits per heavy atom. The number of hydrogen-bond acceptors (Lipinski definition) is 0. The van der Waals surface area contributed by atoms with Gasteiger partial charge in [0.1, 0.15) is 0 Å². The first-order chi connectivity index (χ1) is 13.9. The van der Waals surface area contributed by atoms with Crippen molar-refractivity contribution >= 4 is 0 Å². The Bertz CT molecular complexity index is 504. The van der Waals surface area contributed by atoms with Crippen LogP contribution in [-0.2, 0) is 0 Å². The summed E-state index contributed by atoms with van der Waals surface area (Å²) < 4.78 is 0. The molecule has 3 saturated carbocycles. The van der Waals surface area contributed by atoms with E-state index in [1.165, 1.54) is 83.5 Å². The lowest BCUT2D eigenvalue weighted by atomic mass is 9.76. The molecule has 0 amide bonds. The molecule has 0 N–H and O–H groups in total. The lowest BCUT2D eigenvalue weighted by molar-refractivity contribution is 0.216. The van der Waals surface area contributed by atoms with Gasteiger partial charge in [-0.05, 0) is 78.9 Å². The number of rotatable bonds is 12. The molecule has 0 radical (unpaired) electrons. The highest BCUT2D eigenvalue weighted by molar-refractivity contribution is 5.18. The van der Waals surface area contributed by atoms with E-state index in [0.29, 0.717) is 5.41 Å². The third-order valence-electron chi connectivity index (χ3n) is 10.2. The normalized spacial score (nSPS) is 36.0. The molecule has 6 atom stereocenters.